The topological polar surface area (TPSA) is 21.8 Å². The van der Waals surface area contributed by atoms with E-state index in [0.29, 0.717) is 0 Å². The third-order valence-electron chi connectivity index (χ3n) is 4.52. The Kier molecular flexibility index (Phi) is 6.39. The Balaban J connectivity index is 2.13. The second-order valence-electron chi connectivity index (χ2n) is 6.18. The van der Waals surface area contributed by atoms with E-state index in [9.17, 15) is 0 Å². The van der Waals surface area contributed by atoms with Gasteiger partial charge < -0.3 is 15.1 Å². The molecule has 2 bridgehead atoms. The molecule has 0 amide bonds. The van der Waals surface area contributed by atoms with Gasteiger partial charge in [0.25, 0.3) is 0 Å². The smallest absolute Gasteiger partial charge is 0.175 e. The van der Waals surface area contributed by atoms with E-state index in [1.54, 1.807) is 0 Å². The Bertz CT molecular complexity index is 301. The van der Waals surface area contributed by atoms with Crippen LogP contribution in [0.2, 0.25) is 0 Å². The van der Waals surface area contributed by atoms with Crippen LogP contribution in [0.25, 0.3) is 0 Å². The van der Waals surface area contributed by atoms with Gasteiger partial charge in [0.15, 0.2) is 4.46 Å². The molecule has 0 aromatic rings. The van der Waals surface area contributed by atoms with Crippen LogP contribution in [0.15, 0.2) is 0 Å². The van der Waals surface area contributed by atoms with Crippen molar-refractivity contribution in [1.82, 2.24) is 20.0 Å². The zero-order chi connectivity index (χ0) is 14.6. The van der Waals surface area contributed by atoms with E-state index < -0.39 is 4.46 Å². The summed E-state index contributed by atoms with van der Waals surface area (Å²) < 4.78 is -0.782. The summed E-state index contributed by atoms with van der Waals surface area (Å²) in [5.74, 6) is 0.214. The molecule has 2 rings (SSSR count). The highest BCUT2D eigenvalue weighted by atomic mass is 35.5. The number of hydrogen-bond acceptors (Lipinski definition) is 4. The molecule has 2 fully saturated rings. The maximum Gasteiger partial charge on any atom is 0.175 e. The van der Waals surface area contributed by atoms with Gasteiger partial charge in [0, 0.05) is 51.7 Å². The van der Waals surface area contributed by atoms with E-state index in [1.807, 2.05) is 0 Å². The summed E-state index contributed by atoms with van der Waals surface area (Å²) in [5, 5.41) is 3.49. The molecule has 2 saturated heterocycles. The van der Waals surface area contributed by atoms with Crippen molar-refractivity contribution in [2.75, 3.05) is 66.0 Å². The van der Waals surface area contributed by atoms with E-state index in [4.69, 9.17) is 23.2 Å². The number of fused-ring (bicyclic) bond motifs is 3. The number of likely N-dealkylation sites (N-methyl/N-ethyl adjacent to an activating group) is 1. The Morgan fingerprint density at radius 1 is 1.00 bits per heavy atom. The highest BCUT2D eigenvalue weighted by molar-refractivity contribution is 6.48. The van der Waals surface area contributed by atoms with Gasteiger partial charge in [-0.15, -0.1) is 0 Å². The molecule has 118 valence electrons. The Labute approximate surface area is 133 Å². The average molecular weight is 323 g/mol. The summed E-state index contributed by atoms with van der Waals surface area (Å²) in [6, 6.07) is 0. The lowest BCUT2D eigenvalue weighted by atomic mass is 10.1. The molecule has 0 saturated carbocycles. The maximum atomic E-state index is 6.70. The van der Waals surface area contributed by atoms with E-state index >= 15 is 0 Å². The molecular weight excluding hydrogens is 295 g/mol. The summed E-state index contributed by atoms with van der Waals surface area (Å²) in [4.78, 5) is 7.16. The van der Waals surface area contributed by atoms with Gasteiger partial charge in [-0.2, -0.15) is 0 Å². The fraction of sp³-hybridized carbons (Fsp3) is 1.00. The van der Waals surface area contributed by atoms with Crippen LogP contribution in [-0.4, -0.2) is 85.1 Å². The van der Waals surface area contributed by atoms with Crippen molar-refractivity contribution in [1.29, 1.82) is 0 Å². The zero-order valence-electron chi connectivity index (χ0n) is 12.7. The van der Waals surface area contributed by atoms with Crippen LogP contribution in [0.4, 0.5) is 0 Å². The van der Waals surface area contributed by atoms with Crippen LogP contribution in [0.5, 0.6) is 0 Å². The highest BCUT2D eigenvalue weighted by Gasteiger charge is 2.38. The maximum absolute atomic E-state index is 6.70. The fourth-order valence-corrected chi connectivity index (χ4v) is 3.46. The first-order chi connectivity index (χ1) is 9.50. The van der Waals surface area contributed by atoms with Crippen LogP contribution in [0.3, 0.4) is 0 Å². The van der Waals surface area contributed by atoms with Crippen LogP contribution in [-0.2, 0) is 0 Å². The number of nitrogens with one attached hydrogen (secondary N) is 1. The molecule has 1 N–H and O–H groups in total. The fourth-order valence-electron chi connectivity index (χ4n) is 2.97. The summed E-state index contributed by atoms with van der Waals surface area (Å²) in [6.07, 6.45) is 1.24. The van der Waals surface area contributed by atoms with E-state index in [-0.39, 0.29) is 5.92 Å². The second-order valence-corrected chi connectivity index (χ2v) is 7.52. The molecule has 0 spiro atoms. The number of alkyl halides is 2. The molecule has 2 heterocycles. The van der Waals surface area contributed by atoms with E-state index in [2.05, 4.69) is 34.0 Å². The predicted molar refractivity (Wildman–Crippen MR) is 86.6 cm³/mol. The van der Waals surface area contributed by atoms with E-state index in [0.717, 1.165) is 58.9 Å². The van der Waals surface area contributed by atoms with Crippen LogP contribution < -0.4 is 5.32 Å². The zero-order valence-corrected chi connectivity index (χ0v) is 14.3. The van der Waals surface area contributed by atoms with Crippen molar-refractivity contribution < 1.29 is 0 Å². The molecule has 20 heavy (non-hydrogen) atoms. The van der Waals surface area contributed by atoms with Crippen molar-refractivity contribution >= 4 is 23.2 Å². The van der Waals surface area contributed by atoms with Crippen LogP contribution >= 0.6 is 23.2 Å². The SMILES string of the molecule is CC1CNCCN2CCCN(C)CCN(CC2)C1(Cl)Cl. The van der Waals surface area contributed by atoms with E-state index in [1.165, 1.54) is 6.42 Å². The molecule has 3 atom stereocenters. The Hall–Kier alpha value is 0.420. The third-order valence-corrected chi connectivity index (χ3v) is 5.74. The van der Waals surface area contributed by atoms with Crippen molar-refractivity contribution in [2.24, 2.45) is 5.92 Å². The normalized spacial score (nSPS) is 37.5. The summed E-state index contributed by atoms with van der Waals surface area (Å²) in [6.45, 7) is 11.4. The van der Waals surface area contributed by atoms with Gasteiger partial charge in [-0.3, -0.25) is 4.90 Å². The minimum absolute atomic E-state index is 0.214. The Morgan fingerprint density at radius 3 is 2.55 bits per heavy atom. The molecule has 4 nitrogen and oxygen atoms in total. The van der Waals surface area contributed by atoms with Gasteiger partial charge in [0.2, 0.25) is 0 Å². The number of rotatable bonds is 0. The number of halogens is 2. The molecular formula is C14H28Cl2N4. The average Bonchev–Trinajstić information content (AvgIpc) is 2.41. The molecule has 2 aliphatic rings. The lowest BCUT2D eigenvalue weighted by Gasteiger charge is -2.42. The van der Waals surface area contributed by atoms with Crippen molar-refractivity contribution in [3.8, 4) is 0 Å². The van der Waals surface area contributed by atoms with Gasteiger partial charge in [-0.05, 0) is 26.6 Å². The van der Waals surface area contributed by atoms with Gasteiger partial charge >= 0.3 is 0 Å². The van der Waals surface area contributed by atoms with Gasteiger partial charge in [-0.1, -0.05) is 30.1 Å². The van der Waals surface area contributed by atoms with Gasteiger partial charge in [-0.25, -0.2) is 0 Å². The molecule has 3 unspecified atom stereocenters. The monoisotopic (exact) mass is 322 g/mol. The van der Waals surface area contributed by atoms with Gasteiger partial charge in [0.05, 0.1) is 0 Å². The molecule has 0 radical (unpaired) electrons. The largest absolute Gasteiger partial charge is 0.315 e. The van der Waals surface area contributed by atoms with Crippen LogP contribution in [0, 0.1) is 5.92 Å². The van der Waals surface area contributed by atoms with Crippen molar-refractivity contribution in [2.45, 2.75) is 17.8 Å². The lowest BCUT2D eigenvalue weighted by molar-refractivity contribution is 0.110. The molecule has 0 aromatic carbocycles. The lowest BCUT2D eigenvalue weighted by Crippen LogP contribution is -2.54. The summed E-state index contributed by atoms with van der Waals surface area (Å²) >= 11 is 13.4. The predicted octanol–water partition coefficient (Wildman–Crippen LogP) is 1.30. The van der Waals surface area contributed by atoms with Crippen molar-refractivity contribution in [3.63, 3.8) is 0 Å². The first-order valence-corrected chi connectivity index (χ1v) is 8.50. The third kappa shape index (κ3) is 4.46. The number of hydrogen-bond donors (Lipinski definition) is 1. The van der Waals surface area contributed by atoms with Crippen LogP contribution in [0.1, 0.15) is 13.3 Å². The first-order valence-electron chi connectivity index (χ1n) is 7.74. The molecule has 0 aliphatic carbocycles. The molecule has 2 aliphatic heterocycles. The standard InChI is InChI=1S/C14H28Cl2N4/c1-13-12-17-4-7-19-6-3-5-18(2)8-10-20(11-9-19)14(13,15)16/h13,17H,3-12H2,1-2H3. The first kappa shape index (κ1) is 16.8. The molecule has 0 aromatic heterocycles. The minimum atomic E-state index is -0.782. The number of nitrogens with zero attached hydrogens (tertiary/aromatic N) is 3. The second kappa shape index (κ2) is 7.61. The summed E-state index contributed by atoms with van der Waals surface area (Å²) in [7, 11) is 2.19. The van der Waals surface area contributed by atoms with Crippen molar-refractivity contribution in [3.05, 3.63) is 0 Å². The van der Waals surface area contributed by atoms with Gasteiger partial charge in [0.1, 0.15) is 0 Å². The quantitative estimate of drug-likeness (QED) is 0.536. The molecule has 6 heteroatoms. The highest BCUT2D eigenvalue weighted by Crippen LogP contribution is 2.34. The minimum Gasteiger partial charge on any atom is -0.315 e. The summed E-state index contributed by atoms with van der Waals surface area (Å²) in [5.41, 5.74) is 0. The Morgan fingerprint density at radius 2 is 1.75 bits per heavy atom.